The number of hydrogen-bond acceptors (Lipinski definition) is 4. The first-order valence-corrected chi connectivity index (χ1v) is 7.23. The second-order valence-corrected chi connectivity index (χ2v) is 5.69. The first-order chi connectivity index (χ1) is 9.60. The van der Waals surface area contributed by atoms with Crippen molar-refractivity contribution in [3.8, 4) is 5.75 Å². The maximum atomic E-state index is 9.39. The Kier molecular flexibility index (Phi) is 5.09. The summed E-state index contributed by atoms with van der Waals surface area (Å²) < 4.78 is 6.70. The lowest BCUT2D eigenvalue weighted by Crippen LogP contribution is -2.06. The summed E-state index contributed by atoms with van der Waals surface area (Å²) in [6.07, 6.45) is 1.63. The predicted molar refractivity (Wildman–Crippen MR) is 80.5 cm³/mol. The van der Waals surface area contributed by atoms with Crippen molar-refractivity contribution in [1.82, 2.24) is 9.97 Å². The molecule has 5 heteroatoms. The van der Waals surface area contributed by atoms with Crippen molar-refractivity contribution in [2.24, 2.45) is 0 Å². The molecule has 0 aliphatic rings. The molecule has 106 valence electrons. The van der Waals surface area contributed by atoms with Gasteiger partial charge in [-0.1, -0.05) is 41.9 Å². The van der Waals surface area contributed by atoms with Crippen LogP contribution in [0, 0.1) is 0 Å². The van der Waals surface area contributed by atoms with Crippen LogP contribution in [0.2, 0.25) is 0 Å². The van der Waals surface area contributed by atoms with Crippen LogP contribution in [-0.2, 0) is 13.2 Å². The summed E-state index contributed by atoms with van der Waals surface area (Å²) in [6, 6.07) is 7.88. The zero-order chi connectivity index (χ0) is 14.5. The van der Waals surface area contributed by atoms with Gasteiger partial charge in [-0.15, -0.1) is 0 Å². The van der Waals surface area contributed by atoms with Gasteiger partial charge >= 0.3 is 0 Å². The molecule has 0 saturated heterocycles. The molecule has 0 radical (unpaired) electrons. The van der Waals surface area contributed by atoms with Crippen LogP contribution in [0.4, 0.5) is 0 Å². The van der Waals surface area contributed by atoms with Crippen molar-refractivity contribution in [2.45, 2.75) is 33.0 Å². The largest absolute Gasteiger partial charge is 0.485 e. The number of halogens is 1. The Balaban J connectivity index is 2.13. The maximum absolute atomic E-state index is 9.39. The molecule has 0 aliphatic heterocycles. The fraction of sp³-hybridized carbons (Fsp3) is 0.333. The number of rotatable bonds is 5. The van der Waals surface area contributed by atoms with Gasteiger partial charge < -0.3 is 9.84 Å². The number of hydrogen-bond donors (Lipinski definition) is 1. The molecule has 0 fully saturated rings. The van der Waals surface area contributed by atoms with Crippen LogP contribution < -0.4 is 4.74 Å². The molecule has 1 aromatic heterocycles. The number of ether oxygens (including phenoxy) is 1. The van der Waals surface area contributed by atoms with Gasteiger partial charge in [0.15, 0.2) is 5.75 Å². The number of aromatic nitrogens is 2. The van der Waals surface area contributed by atoms with Crippen molar-refractivity contribution in [3.63, 3.8) is 0 Å². The van der Waals surface area contributed by atoms with E-state index in [1.54, 1.807) is 6.20 Å². The van der Waals surface area contributed by atoms with E-state index < -0.39 is 0 Å². The number of aliphatic hydroxyl groups is 1. The van der Waals surface area contributed by atoms with Gasteiger partial charge in [-0.2, -0.15) is 0 Å². The van der Waals surface area contributed by atoms with E-state index in [-0.39, 0.29) is 12.5 Å². The number of benzene rings is 1. The van der Waals surface area contributed by atoms with Crippen molar-refractivity contribution < 1.29 is 9.84 Å². The molecule has 4 nitrogen and oxygen atoms in total. The summed E-state index contributed by atoms with van der Waals surface area (Å²) in [5.74, 6) is 1.46. The maximum Gasteiger partial charge on any atom is 0.162 e. The molecule has 1 N–H and O–H groups in total. The van der Waals surface area contributed by atoms with E-state index in [0.717, 1.165) is 10.0 Å². The van der Waals surface area contributed by atoms with Crippen LogP contribution in [0.5, 0.6) is 5.75 Å². The summed E-state index contributed by atoms with van der Waals surface area (Å²) in [4.78, 5) is 8.59. The zero-order valence-corrected chi connectivity index (χ0v) is 13.1. The van der Waals surface area contributed by atoms with Crippen molar-refractivity contribution >= 4 is 15.9 Å². The predicted octanol–water partition coefficient (Wildman–Crippen LogP) is 3.43. The van der Waals surface area contributed by atoms with Crippen LogP contribution in [-0.4, -0.2) is 15.1 Å². The minimum absolute atomic E-state index is 0.157. The smallest absolute Gasteiger partial charge is 0.162 e. The van der Waals surface area contributed by atoms with Gasteiger partial charge in [-0.3, -0.25) is 0 Å². The molecular weight excluding hydrogens is 320 g/mol. The van der Waals surface area contributed by atoms with Gasteiger partial charge in [0.2, 0.25) is 0 Å². The van der Waals surface area contributed by atoms with Crippen LogP contribution in [0.15, 0.2) is 34.9 Å². The van der Waals surface area contributed by atoms with Crippen molar-refractivity contribution in [3.05, 3.63) is 52.0 Å². The fourth-order valence-corrected chi connectivity index (χ4v) is 2.17. The number of nitrogens with zero attached hydrogens (tertiary/aromatic N) is 2. The summed E-state index contributed by atoms with van der Waals surface area (Å²) in [5, 5.41) is 9.39. The number of aliphatic hydroxyl groups excluding tert-OH is 1. The molecule has 0 unspecified atom stereocenters. The first kappa shape index (κ1) is 14.9. The quantitative estimate of drug-likeness (QED) is 0.908. The molecule has 1 heterocycles. The van der Waals surface area contributed by atoms with Crippen molar-refractivity contribution in [1.29, 1.82) is 0 Å². The van der Waals surface area contributed by atoms with Crippen LogP contribution in [0.25, 0.3) is 0 Å². The third kappa shape index (κ3) is 3.77. The Morgan fingerprint density at radius 2 is 2.15 bits per heavy atom. The lowest BCUT2D eigenvalue weighted by molar-refractivity contribution is 0.251. The Hall–Kier alpha value is -1.46. The van der Waals surface area contributed by atoms with Crippen LogP contribution in [0.3, 0.4) is 0 Å². The SMILES string of the molecule is CC(C)c1ncc(OCc2cccc(Br)c2)c(CO)n1. The van der Waals surface area contributed by atoms with Gasteiger partial charge in [0, 0.05) is 10.4 Å². The Labute approximate surface area is 127 Å². The highest BCUT2D eigenvalue weighted by Gasteiger charge is 2.10. The van der Waals surface area contributed by atoms with Gasteiger partial charge in [0.25, 0.3) is 0 Å². The molecule has 1 aromatic carbocycles. The summed E-state index contributed by atoms with van der Waals surface area (Å²) in [5.41, 5.74) is 1.56. The summed E-state index contributed by atoms with van der Waals surface area (Å²) >= 11 is 3.42. The minimum Gasteiger partial charge on any atom is -0.485 e. The van der Waals surface area contributed by atoms with Crippen LogP contribution in [0.1, 0.15) is 36.8 Å². The average molecular weight is 337 g/mol. The summed E-state index contributed by atoms with van der Waals surface area (Å²) in [6.45, 7) is 4.28. The van der Waals surface area contributed by atoms with Gasteiger partial charge in [0.1, 0.15) is 18.1 Å². The Morgan fingerprint density at radius 1 is 1.35 bits per heavy atom. The molecule has 2 aromatic rings. The minimum atomic E-state index is -0.157. The van der Waals surface area contributed by atoms with Gasteiger partial charge in [-0.05, 0) is 17.7 Å². The first-order valence-electron chi connectivity index (χ1n) is 6.44. The molecule has 2 rings (SSSR count). The zero-order valence-electron chi connectivity index (χ0n) is 11.5. The highest BCUT2D eigenvalue weighted by Crippen LogP contribution is 2.20. The second kappa shape index (κ2) is 6.81. The monoisotopic (exact) mass is 336 g/mol. The molecule has 0 bridgehead atoms. The molecule has 0 saturated carbocycles. The molecule has 0 spiro atoms. The second-order valence-electron chi connectivity index (χ2n) is 4.77. The van der Waals surface area contributed by atoms with Gasteiger partial charge in [-0.25, -0.2) is 9.97 Å². The third-order valence-electron chi connectivity index (χ3n) is 2.80. The lowest BCUT2D eigenvalue weighted by Gasteiger charge is -2.11. The normalized spacial score (nSPS) is 10.8. The molecule has 0 amide bonds. The topological polar surface area (TPSA) is 55.2 Å². The van der Waals surface area contributed by atoms with E-state index in [9.17, 15) is 5.11 Å². The molecular formula is C15H17BrN2O2. The highest BCUT2D eigenvalue weighted by molar-refractivity contribution is 9.10. The molecule has 0 atom stereocenters. The Morgan fingerprint density at radius 3 is 2.80 bits per heavy atom. The van der Waals surface area contributed by atoms with E-state index in [1.807, 2.05) is 38.1 Å². The summed E-state index contributed by atoms with van der Waals surface area (Å²) in [7, 11) is 0. The van der Waals surface area contributed by atoms with E-state index in [1.165, 1.54) is 0 Å². The van der Waals surface area contributed by atoms with E-state index in [2.05, 4.69) is 25.9 Å². The fourth-order valence-electron chi connectivity index (χ4n) is 1.72. The third-order valence-corrected chi connectivity index (χ3v) is 3.29. The highest BCUT2D eigenvalue weighted by atomic mass is 79.9. The van der Waals surface area contributed by atoms with Gasteiger partial charge in [0.05, 0.1) is 12.8 Å². The van der Waals surface area contributed by atoms with E-state index in [0.29, 0.717) is 23.9 Å². The lowest BCUT2D eigenvalue weighted by atomic mass is 10.2. The van der Waals surface area contributed by atoms with Crippen molar-refractivity contribution in [2.75, 3.05) is 0 Å². The Bertz CT molecular complexity index is 588. The average Bonchev–Trinajstić information content (AvgIpc) is 2.45. The van der Waals surface area contributed by atoms with Crippen LogP contribution >= 0.6 is 15.9 Å². The van der Waals surface area contributed by atoms with E-state index in [4.69, 9.17) is 4.74 Å². The molecule has 20 heavy (non-hydrogen) atoms. The van der Waals surface area contributed by atoms with E-state index >= 15 is 0 Å². The molecule has 0 aliphatic carbocycles. The standard InChI is InChI=1S/C15H17BrN2O2/c1-10(2)15-17-7-14(13(8-19)18-15)20-9-11-4-3-5-12(16)6-11/h3-7,10,19H,8-9H2,1-2H3.